The van der Waals surface area contributed by atoms with E-state index in [-0.39, 0.29) is 12.1 Å². The molecule has 1 saturated heterocycles. The highest BCUT2D eigenvalue weighted by Crippen LogP contribution is 2.26. The molecule has 1 aliphatic heterocycles. The SMILES string of the molecule is Cc1cc(NC2CN(C(=O)OC(C)(C)C)C2)cc(C)c1Br. The molecule has 4 nitrogen and oxygen atoms in total. The summed E-state index contributed by atoms with van der Waals surface area (Å²) < 4.78 is 6.50. The molecule has 1 aromatic rings. The molecule has 1 amide bonds. The molecule has 1 N–H and O–H groups in total. The van der Waals surface area contributed by atoms with Crippen LogP contribution in [-0.2, 0) is 4.74 Å². The molecule has 0 aliphatic carbocycles. The minimum absolute atomic E-state index is 0.233. The third-order valence-corrected chi connectivity index (χ3v) is 4.59. The number of hydrogen-bond donors (Lipinski definition) is 1. The van der Waals surface area contributed by atoms with Crippen molar-refractivity contribution in [3.05, 3.63) is 27.7 Å². The maximum atomic E-state index is 11.9. The Hall–Kier alpha value is -1.23. The fourth-order valence-electron chi connectivity index (χ4n) is 2.31. The Kier molecular flexibility index (Phi) is 4.51. The van der Waals surface area contributed by atoms with E-state index in [0.29, 0.717) is 13.1 Å². The molecule has 116 valence electrons. The molecule has 5 heteroatoms. The van der Waals surface area contributed by atoms with Gasteiger partial charge in [0.25, 0.3) is 0 Å². The van der Waals surface area contributed by atoms with Crippen molar-refractivity contribution in [2.75, 3.05) is 18.4 Å². The topological polar surface area (TPSA) is 41.6 Å². The van der Waals surface area contributed by atoms with Gasteiger partial charge >= 0.3 is 6.09 Å². The average Bonchev–Trinajstić information content (AvgIpc) is 2.27. The van der Waals surface area contributed by atoms with Crippen molar-refractivity contribution in [3.63, 3.8) is 0 Å². The Morgan fingerprint density at radius 2 is 1.81 bits per heavy atom. The quantitative estimate of drug-likeness (QED) is 0.869. The number of ether oxygens (including phenoxy) is 1. The molecule has 2 rings (SSSR count). The first kappa shape index (κ1) is 16.1. The molecule has 1 aromatic carbocycles. The van der Waals surface area contributed by atoms with E-state index in [1.54, 1.807) is 4.90 Å². The molecule has 0 saturated carbocycles. The lowest BCUT2D eigenvalue weighted by atomic mass is 10.1. The third kappa shape index (κ3) is 4.13. The van der Waals surface area contributed by atoms with E-state index < -0.39 is 5.60 Å². The van der Waals surface area contributed by atoms with Gasteiger partial charge in [-0.15, -0.1) is 0 Å². The van der Waals surface area contributed by atoms with Gasteiger partial charge in [0.05, 0.1) is 6.04 Å². The predicted molar refractivity (Wildman–Crippen MR) is 88.8 cm³/mol. The van der Waals surface area contributed by atoms with E-state index >= 15 is 0 Å². The molecule has 1 fully saturated rings. The van der Waals surface area contributed by atoms with Gasteiger partial charge in [-0.05, 0) is 57.9 Å². The molecule has 0 spiro atoms. The second-order valence-electron chi connectivity index (χ2n) is 6.65. The highest BCUT2D eigenvalue weighted by Gasteiger charge is 2.33. The molecule has 0 unspecified atom stereocenters. The lowest BCUT2D eigenvalue weighted by Gasteiger charge is -2.40. The van der Waals surface area contributed by atoms with E-state index in [1.165, 1.54) is 11.1 Å². The number of likely N-dealkylation sites (tertiary alicyclic amines) is 1. The molecule has 1 heterocycles. The minimum atomic E-state index is -0.435. The molecule has 0 atom stereocenters. The highest BCUT2D eigenvalue weighted by molar-refractivity contribution is 9.10. The maximum Gasteiger partial charge on any atom is 0.410 e. The summed E-state index contributed by atoms with van der Waals surface area (Å²) >= 11 is 3.57. The molecule has 0 radical (unpaired) electrons. The van der Waals surface area contributed by atoms with Gasteiger partial charge in [0.2, 0.25) is 0 Å². The number of halogens is 1. The zero-order valence-electron chi connectivity index (χ0n) is 13.3. The summed E-state index contributed by atoms with van der Waals surface area (Å²) in [6, 6.07) is 4.53. The van der Waals surface area contributed by atoms with Crippen LogP contribution in [0.1, 0.15) is 31.9 Å². The van der Waals surface area contributed by atoms with E-state index in [2.05, 4.69) is 47.2 Å². The number of hydrogen-bond acceptors (Lipinski definition) is 3. The van der Waals surface area contributed by atoms with E-state index in [1.807, 2.05) is 20.8 Å². The van der Waals surface area contributed by atoms with Crippen LogP contribution in [0.4, 0.5) is 10.5 Å². The van der Waals surface area contributed by atoms with E-state index in [4.69, 9.17) is 4.74 Å². The van der Waals surface area contributed by atoms with Gasteiger partial charge in [0.1, 0.15) is 5.60 Å². The second-order valence-corrected chi connectivity index (χ2v) is 7.44. The van der Waals surface area contributed by atoms with E-state index in [0.717, 1.165) is 10.2 Å². The fraction of sp³-hybridized carbons (Fsp3) is 0.562. The highest BCUT2D eigenvalue weighted by atomic mass is 79.9. The van der Waals surface area contributed by atoms with Crippen molar-refractivity contribution < 1.29 is 9.53 Å². The lowest BCUT2D eigenvalue weighted by molar-refractivity contribution is 0.0105. The van der Waals surface area contributed by atoms with Crippen LogP contribution in [0, 0.1) is 13.8 Å². The molecule has 0 bridgehead atoms. The first-order valence-corrected chi connectivity index (χ1v) is 7.96. The van der Waals surface area contributed by atoms with Gasteiger partial charge in [-0.3, -0.25) is 0 Å². The summed E-state index contributed by atoms with van der Waals surface area (Å²) in [4.78, 5) is 13.6. The Morgan fingerprint density at radius 3 is 2.29 bits per heavy atom. The summed E-state index contributed by atoms with van der Waals surface area (Å²) in [5.74, 6) is 0. The van der Waals surface area contributed by atoms with E-state index in [9.17, 15) is 4.79 Å². The Labute approximate surface area is 135 Å². The summed E-state index contributed by atoms with van der Waals surface area (Å²) in [5, 5.41) is 3.46. The van der Waals surface area contributed by atoms with Crippen molar-refractivity contribution in [2.24, 2.45) is 0 Å². The number of anilines is 1. The first-order chi connectivity index (χ1) is 9.65. The molecular weight excluding hydrogens is 332 g/mol. The molecule has 0 aromatic heterocycles. The van der Waals surface area contributed by atoms with Crippen LogP contribution in [0.25, 0.3) is 0 Å². The molecular formula is C16H23BrN2O2. The number of carbonyl (C=O) groups excluding carboxylic acids is 1. The first-order valence-electron chi connectivity index (χ1n) is 7.17. The van der Waals surface area contributed by atoms with Gasteiger partial charge in [0.15, 0.2) is 0 Å². The minimum Gasteiger partial charge on any atom is -0.444 e. The largest absolute Gasteiger partial charge is 0.444 e. The second kappa shape index (κ2) is 5.87. The van der Waals surface area contributed by atoms with Crippen molar-refractivity contribution >= 4 is 27.7 Å². The van der Waals surface area contributed by atoms with Crippen molar-refractivity contribution in [1.29, 1.82) is 0 Å². The summed E-state index contributed by atoms with van der Waals surface area (Å²) in [7, 11) is 0. The van der Waals surface area contributed by atoms with Crippen molar-refractivity contribution in [1.82, 2.24) is 4.90 Å². The average molecular weight is 355 g/mol. The van der Waals surface area contributed by atoms with Crippen LogP contribution in [0.5, 0.6) is 0 Å². The number of amides is 1. The smallest absolute Gasteiger partial charge is 0.410 e. The molecule has 1 aliphatic rings. The fourth-order valence-corrected chi connectivity index (χ4v) is 2.54. The van der Waals surface area contributed by atoms with Gasteiger partial charge < -0.3 is 15.0 Å². The normalized spacial score (nSPS) is 15.6. The van der Waals surface area contributed by atoms with Crippen LogP contribution < -0.4 is 5.32 Å². The standard InChI is InChI=1S/C16H23BrN2O2/c1-10-6-12(7-11(2)14(10)17)18-13-8-19(9-13)15(20)21-16(3,4)5/h6-7,13,18H,8-9H2,1-5H3. The zero-order valence-corrected chi connectivity index (χ0v) is 14.9. The van der Waals surface area contributed by atoms with Crippen LogP contribution in [-0.4, -0.2) is 35.7 Å². The number of aryl methyl sites for hydroxylation is 2. The lowest BCUT2D eigenvalue weighted by Crippen LogP contribution is -2.57. The van der Waals surface area contributed by atoms with Crippen molar-refractivity contribution in [2.45, 2.75) is 46.3 Å². The maximum absolute atomic E-state index is 11.9. The summed E-state index contributed by atoms with van der Waals surface area (Å²) in [6.07, 6.45) is -0.233. The van der Waals surface area contributed by atoms with Gasteiger partial charge in [0, 0.05) is 23.2 Å². The van der Waals surface area contributed by atoms with Gasteiger partial charge in [-0.25, -0.2) is 4.79 Å². The number of nitrogens with zero attached hydrogens (tertiary/aromatic N) is 1. The monoisotopic (exact) mass is 354 g/mol. The van der Waals surface area contributed by atoms with Crippen LogP contribution in [0.3, 0.4) is 0 Å². The number of carbonyl (C=O) groups is 1. The zero-order chi connectivity index (χ0) is 15.8. The Bertz CT molecular complexity index is 523. The Morgan fingerprint density at radius 1 is 1.29 bits per heavy atom. The summed E-state index contributed by atoms with van der Waals surface area (Å²) in [5.41, 5.74) is 3.08. The predicted octanol–water partition coefficient (Wildman–Crippen LogP) is 4.10. The number of benzene rings is 1. The number of rotatable bonds is 2. The summed E-state index contributed by atoms with van der Waals surface area (Å²) in [6.45, 7) is 11.2. The van der Waals surface area contributed by atoms with Crippen LogP contribution in [0.15, 0.2) is 16.6 Å². The molecule has 21 heavy (non-hydrogen) atoms. The third-order valence-electron chi connectivity index (χ3n) is 3.34. The number of nitrogens with one attached hydrogen (secondary N) is 1. The van der Waals surface area contributed by atoms with Crippen molar-refractivity contribution in [3.8, 4) is 0 Å². The van der Waals surface area contributed by atoms with Gasteiger partial charge in [-0.1, -0.05) is 15.9 Å². The Balaban J connectivity index is 1.87. The van der Waals surface area contributed by atoms with Gasteiger partial charge in [-0.2, -0.15) is 0 Å². The van der Waals surface area contributed by atoms with Crippen LogP contribution >= 0.6 is 15.9 Å². The van der Waals surface area contributed by atoms with Crippen LogP contribution in [0.2, 0.25) is 0 Å².